The Morgan fingerprint density at radius 3 is 2.29 bits per heavy atom. The van der Waals surface area contributed by atoms with Crippen molar-refractivity contribution in [2.75, 3.05) is 13.2 Å². The minimum atomic E-state index is -0.210. The summed E-state index contributed by atoms with van der Waals surface area (Å²) in [6.45, 7) is 5.66. The van der Waals surface area contributed by atoms with Crippen LogP contribution in [0.5, 0.6) is 0 Å². The molecule has 90 valence electrons. The van der Waals surface area contributed by atoms with Gasteiger partial charge in [-0.2, -0.15) is 5.26 Å². The summed E-state index contributed by atoms with van der Waals surface area (Å²) in [5.41, 5.74) is 3.63. The van der Waals surface area contributed by atoms with Gasteiger partial charge in [-0.3, -0.25) is 0 Å². The van der Waals surface area contributed by atoms with Gasteiger partial charge in [-0.05, 0) is 38.7 Å². The Kier molecular flexibility index (Phi) is 3.49. The van der Waals surface area contributed by atoms with Crippen LogP contribution in [0.4, 0.5) is 0 Å². The van der Waals surface area contributed by atoms with Gasteiger partial charge >= 0.3 is 0 Å². The zero-order valence-corrected chi connectivity index (χ0v) is 10.6. The van der Waals surface area contributed by atoms with Gasteiger partial charge in [-0.1, -0.05) is 29.3 Å². The lowest BCUT2D eigenvalue weighted by molar-refractivity contribution is 0.0406. The van der Waals surface area contributed by atoms with Crippen LogP contribution in [0.25, 0.3) is 0 Å². The Bertz CT molecular complexity index is 418. The van der Waals surface area contributed by atoms with Crippen molar-refractivity contribution < 1.29 is 4.74 Å². The van der Waals surface area contributed by atoms with E-state index in [1.807, 2.05) is 0 Å². The molecule has 1 fully saturated rings. The summed E-state index contributed by atoms with van der Waals surface area (Å²) >= 11 is 0. The van der Waals surface area contributed by atoms with Crippen molar-refractivity contribution in [1.82, 2.24) is 0 Å². The highest BCUT2D eigenvalue weighted by Crippen LogP contribution is 2.33. The molecular weight excluding hydrogens is 210 g/mol. The zero-order valence-electron chi connectivity index (χ0n) is 10.6. The van der Waals surface area contributed by atoms with Crippen LogP contribution in [-0.4, -0.2) is 13.2 Å². The summed E-state index contributed by atoms with van der Waals surface area (Å²) in [5.74, 6) is 0. The van der Waals surface area contributed by atoms with Crippen molar-refractivity contribution in [3.05, 3.63) is 34.9 Å². The molecule has 2 heteroatoms. The van der Waals surface area contributed by atoms with Crippen LogP contribution in [0.1, 0.15) is 29.5 Å². The van der Waals surface area contributed by atoms with Crippen molar-refractivity contribution >= 4 is 0 Å². The highest BCUT2D eigenvalue weighted by atomic mass is 16.5. The van der Waals surface area contributed by atoms with E-state index < -0.39 is 0 Å². The maximum atomic E-state index is 9.44. The maximum Gasteiger partial charge on any atom is 0.0695 e. The Balaban J connectivity index is 2.21. The lowest BCUT2D eigenvalue weighted by atomic mass is 9.76. The molecule has 0 aromatic heterocycles. The van der Waals surface area contributed by atoms with E-state index >= 15 is 0 Å². The van der Waals surface area contributed by atoms with Gasteiger partial charge in [0.1, 0.15) is 0 Å². The first kappa shape index (κ1) is 12.1. The van der Waals surface area contributed by atoms with Crippen LogP contribution in [-0.2, 0) is 11.2 Å². The third-order valence-corrected chi connectivity index (χ3v) is 3.51. The number of nitriles is 1. The first-order valence-corrected chi connectivity index (χ1v) is 6.20. The number of hydrogen-bond donors (Lipinski definition) is 0. The fraction of sp³-hybridized carbons (Fsp3) is 0.533. The van der Waals surface area contributed by atoms with Gasteiger partial charge < -0.3 is 4.74 Å². The number of hydrogen-bond acceptors (Lipinski definition) is 2. The molecule has 0 atom stereocenters. The van der Waals surface area contributed by atoms with Crippen LogP contribution >= 0.6 is 0 Å². The number of benzene rings is 1. The fourth-order valence-corrected chi connectivity index (χ4v) is 2.65. The van der Waals surface area contributed by atoms with Crippen molar-refractivity contribution in [1.29, 1.82) is 5.26 Å². The third-order valence-electron chi connectivity index (χ3n) is 3.51. The minimum absolute atomic E-state index is 0.210. The molecule has 0 N–H and O–H groups in total. The third kappa shape index (κ3) is 2.87. The molecule has 0 unspecified atom stereocenters. The number of ether oxygens (including phenoxy) is 1. The molecule has 1 aliphatic rings. The second kappa shape index (κ2) is 4.89. The van der Waals surface area contributed by atoms with Gasteiger partial charge in [0.15, 0.2) is 0 Å². The van der Waals surface area contributed by atoms with Crippen LogP contribution < -0.4 is 0 Å². The summed E-state index contributed by atoms with van der Waals surface area (Å²) in [4.78, 5) is 0. The predicted octanol–water partition coefficient (Wildman–Crippen LogP) is 3.17. The molecule has 0 spiro atoms. The highest BCUT2D eigenvalue weighted by molar-refractivity contribution is 5.30. The van der Waals surface area contributed by atoms with E-state index in [9.17, 15) is 5.26 Å². The van der Waals surface area contributed by atoms with Gasteiger partial charge in [0.25, 0.3) is 0 Å². The van der Waals surface area contributed by atoms with Gasteiger partial charge in [0, 0.05) is 13.2 Å². The predicted molar refractivity (Wildman–Crippen MR) is 67.7 cm³/mol. The zero-order chi connectivity index (χ0) is 12.3. The summed E-state index contributed by atoms with van der Waals surface area (Å²) in [5, 5.41) is 9.44. The van der Waals surface area contributed by atoms with Crippen molar-refractivity contribution in [3.8, 4) is 6.07 Å². The van der Waals surface area contributed by atoms with E-state index in [-0.39, 0.29) is 5.41 Å². The second-order valence-corrected chi connectivity index (χ2v) is 5.18. The SMILES string of the molecule is Cc1cc(C)cc(CC2(C#N)CCOCC2)c1. The average Bonchev–Trinajstić information content (AvgIpc) is 2.29. The number of nitrogens with zero attached hydrogens (tertiary/aromatic N) is 1. The first-order valence-electron chi connectivity index (χ1n) is 6.20. The molecule has 1 aromatic carbocycles. The molecule has 1 heterocycles. The summed E-state index contributed by atoms with van der Waals surface area (Å²) in [6, 6.07) is 9.09. The summed E-state index contributed by atoms with van der Waals surface area (Å²) in [6.07, 6.45) is 2.57. The normalized spacial score (nSPS) is 18.6. The lowest BCUT2D eigenvalue weighted by Crippen LogP contribution is -2.30. The van der Waals surface area contributed by atoms with Crippen LogP contribution in [0.15, 0.2) is 18.2 Å². The Hall–Kier alpha value is -1.33. The van der Waals surface area contributed by atoms with E-state index in [4.69, 9.17) is 4.74 Å². The van der Waals surface area contributed by atoms with Crippen molar-refractivity contribution in [3.63, 3.8) is 0 Å². The van der Waals surface area contributed by atoms with Crippen LogP contribution in [0, 0.1) is 30.6 Å². The largest absolute Gasteiger partial charge is 0.381 e. The van der Waals surface area contributed by atoms with Gasteiger partial charge in [-0.15, -0.1) is 0 Å². The quantitative estimate of drug-likeness (QED) is 0.780. The molecule has 1 aromatic rings. The van der Waals surface area contributed by atoms with E-state index in [0.29, 0.717) is 0 Å². The van der Waals surface area contributed by atoms with E-state index in [2.05, 4.69) is 38.1 Å². The number of rotatable bonds is 2. The van der Waals surface area contributed by atoms with Gasteiger partial charge in [0.05, 0.1) is 11.5 Å². The molecule has 2 rings (SSSR count). The maximum absolute atomic E-state index is 9.44. The van der Waals surface area contributed by atoms with Crippen molar-refractivity contribution in [2.45, 2.75) is 33.1 Å². The fourth-order valence-electron chi connectivity index (χ4n) is 2.65. The highest BCUT2D eigenvalue weighted by Gasteiger charge is 2.32. The molecule has 2 nitrogen and oxygen atoms in total. The topological polar surface area (TPSA) is 33.0 Å². The van der Waals surface area contributed by atoms with E-state index in [1.165, 1.54) is 16.7 Å². The molecule has 0 saturated carbocycles. The molecular formula is C15H19NO. The average molecular weight is 229 g/mol. The van der Waals surface area contributed by atoms with Gasteiger partial charge in [0.2, 0.25) is 0 Å². The Labute approximate surface area is 103 Å². The molecule has 1 saturated heterocycles. The van der Waals surface area contributed by atoms with Gasteiger partial charge in [-0.25, -0.2) is 0 Å². The van der Waals surface area contributed by atoms with Crippen LogP contribution in [0.2, 0.25) is 0 Å². The molecule has 0 bridgehead atoms. The second-order valence-electron chi connectivity index (χ2n) is 5.18. The first-order chi connectivity index (χ1) is 8.13. The molecule has 0 aliphatic carbocycles. The van der Waals surface area contributed by atoms with E-state index in [1.54, 1.807) is 0 Å². The Morgan fingerprint density at radius 1 is 1.18 bits per heavy atom. The smallest absolute Gasteiger partial charge is 0.0695 e. The lowest BCUT2D eigenvalue weighted by Gasteiger charge is -2.30. The van der Waals surface area contributed by atoms with E-state index in [0.717, 1.165) is 32.5 Å². The summed E-state index contributed by atoms with van der Waals surface area (Å²) in [7, 11) is 0. The molecule has 0 radical (unpaired) electrons. The number of aryl methyl sites for hydroxylation is 2. The van der Waals surface area contributed by atoms with Crippen molar-refractivity contribution in [2.24, 2.45) is 5.41 Å². The molecule has 1 aliphatic heterocycles. The van der Waals surface area contributed by atoms with Crippen LogP contribution in [0.3, 0.4) is 0 Å². The molecule has 17 heavy (non-hydrogen) atoms. The minimum Gasteiger partial charge on any atom is -0.381 e. The Morgan fingerprint density at radius 2 is 1.76 bits per heavy atom. The monoisotopic (exact) mass is 229 g/mol. The summed E-state index contributed by atoms with van der Waals surface area (Å²) < 4.78 is 5.36. The molecule has 0 amide bonds. The standard InChI is InChI=1S/C15H19NO/c1-12-7-13(2)9-14(8-12)10-15(11-16)3-5-17-6-4-15/h7-9H,3-6,10H2,1-2H3.